The van der Waals surface area contributed by atoms with Gasteiger partial charge >= 0.3 is 5.97 Å². The number of thiophene rings is 1. The van der Waals surface area contributed by atoms with Crippen LogP contribution in [0.15, 0.2) is 21.3 Å². The highest BCUT2D eigenvalue weighted by atomic mass is 32.1. The van der Waals surface area contributed by atoms with Gasteiger partial charge in [0.15, 0.2) is 0 Å². The van der Waals surface area contributed by atoms with Gasteiger partial charge in [-0.1, -0.05) is 0 Å². The van der Waals surface area contributed by atoms with E-state index in [9.17, 15) is 4.79 Å². The Bertz CT molecular complexity index is 474. The van der Waals surface area contributed by atoms with Gasteiger partial charge in [-0.3, -0.25) is 0 Å². The van der Waals surface area contributed by atoms with Gasteiger partial charge in [-0.25, -0.2) is 9.79 Å². The lowest BCUT2D eigenvalue weighted by Gasteiger charge is -2.04. The Labute approximate surface area is 97.4 Å². The van der Waals surface area contributed by atoms with Crippen molar-refractivity contribution in [1.82, 2.24) is 0 Å². The summed E-state index contributed by atoms with van der Waals surface area (Å²) in [5, 5.41) is 3.85. The van der Waals surface area contributed by atoms with E-state index in [2.05, 4.69) is 4.99 Å². The van der Waals surface area contributed by atoms with E-state index in [4.69, 9.17) is 10.5 Å². The van der Waals surface area contributed by atoms with Gasteiger partial charge in [0.2, 0.25) is 0 Å². The van der Waals surface area contributed by atoms with Crippen LogP contribution in [-0.4, -0.2) is 18.4 Å². The number of nitrogens with zero attached hydrogens (tertiary/aromatic N) is 1. The predicted octanol–water partition coefficient (Wildman–Crippen LogP) is 2.09. The molecule has 1 aliphatic rings. The molecule has 0 bridgehead atoms. The summed E-state index contributed by atoms with van der Waals surface area (Å²) in [7, 11) is 0. The Morgan fingerprint density at radius 1 is 1.62 bits per heavy atom. The van der Waals surface area contributed by atoms with Crippen molar-refractivity contribution in [2.45, 2.75) is 13.3 Å². The second-order valence-corrected chi connectivity index (χ2v) is 4.13. The topological polar surface area (TPSA) is 64.7 Å². The molecule has 1 aromatic heterocycles. The molecule has 1 aliphatic heterocycles. The first-order valence-corrected chi connectivity index (χ1v) is 5.92. The lowest BCUT2D eigenvalue weighted by Crippen LogP contribution is -2.16. The number of rotatable bonds is 2. The lowest BCUT2D eigenvalue weighted by atomic mass is 10.1. The highest BCUT2D eigenvalue weighted by molar-refractivity contribution is 7.08. The van der Waals surface area contributed by atoms with Crippen LogP contribution in [0.25, 0.3) is 6.08 Å². The van der Waals surface area contributed by atoms with Crippen LogP contribution < -0.4 is 5.73 Å². The van der Waals surface area contributed by atoms with Crippen LogP contribution in [0.3, 0.4) is 0 Å². The second-order valence-electron chi connectivity index (χ2n) is 3.38. The number of carbonyl (C=O) groups is 1. The van der Waals surface area contributed by atoms with Crippen LogP contribution in [0, 0.1) is 0 Å². The van der Waals surface area contributed by atoms with E-state index in [-0.39, 0.29) is 5.97 Å². The third-order valence-electron chi connectivity index (χ3n) is 2.17. The van der Waals surface area contributed by atoms with Crippen LogP contribution >= 0.6 is 11.3 Å². The molecular formula is C11H12N2O2S. The average molecular weight is 236 g/mol. The third-order valence-corrected chi connectivity index (χ3v) is 2.92. The maximum Gasteiger partial charge on any atom is 0.334 e. The molecule has 0 unspecified atom stereocenters. The Morgan fingerprint density at radius 3 is 3.19 bits per heavy atom. The number of ether oxygens (including phenoxy) is 1. The molecule has 16 heavy (non-hydrogen) atoms. The number of esters is 1. The van der Waals surface area contributed by atoms with Crippen LogP contribution in [0.2, 0.25) is 0 Å². The normalized spacial score (nSPS) is 14.6. The van der Waals surface area contributed by atoms with Crippen LogP contribution in [0.5, 0.6) is 0 Å². The molecule has 0 saturated carbocycles. The van der Waals surface area contributed by atoms with E-state index in [0.717, 1.165) is 11.3 Å². The molecule has 0 fully saturated rings. The number of hydrogen-bond acceptors (Lipinski definition) is 5. The molecule has 2 rings (SSSR count). The standard InChI is InChI=1S/C11H12N2O2S/c1-2-15-11(14)7-3-8-5-16-6-9(8)13-10(12)4-7/h3,5-6H,2,4H2,1H3,(H2,12,13). The van der Waals surface area contributed by atoms with Crippen molar-refractivity contribution >= 4 is 34.9 Å². The Kier molecular flexibility index (Phi) is 3.05. The minimum absolute atomic E-state index is 0.320. The number of nitrogens with two attached hydrogens (primary N) is 1. The van der Waals surface area contributed by atoms with E-state index in [1.165, 1.54) is 11.3 Å². The molecule has 4 nitrogen and oxygen atoms in total. The number of fused-ring (bicyclic) bond motifs is 1. The Hall–Kier alpha value is -1.62. The van der Waals surface area contributed by atoms with Gasteiger partial charge in [0.1, 0.15) is 5.84 Å². The van der Waals surface area contributed by atoms with Crippen LogP contribution in [-0.2, 0) is 9.53 Å². The monoisotopic (exact) mass is 236 g/mol. The fourth-order valence-corrected chi connectivity index (χ4v) is 2.20. The van der Waals surface area contributed by atoms with Crippen molar-refractivity contribution in [3.8, 4) is 0 Å². The van der Waals surface area contributed by atoms with Gasteiger partial charge < -0.3 is 10.5 Å². The summed E-state index contributed by atoms with van der Waals surface area (Å²) in [5.74, 6) is 0.121. The quantitative estimate of drug-likeness (QED) is 0.799. The zero-order valence-electron chi connectivity index (χ0n) is 8.90. The van der Waals surface area contributed by atoms with Gasteiger partial charge in [0.05, 0.1) is 12.3 Å². The molecule has 0 amide bonds. The number of amidine groups is 1. The molecule has 1 aromatic rings. The molecule has 2 N–H and O–H groups in total. The largest absolute Gasteiger partial charge is 0.463 e. The molecule has 2 heterocycles. The molecule has 0 saturated heterocycles. The molecule has 5 heteroatoms. The van der Waals surface area contributed by atoms with E-state index in [1.807, 2.05) is 10.8 Å². The number of aliphatic imine (C=N–C) groups is 1. The van der Waals surface area contributed by atoms with Crippen molar-refractivity contribution in [3.05, 3.63) is 21.9 Å². The summed E-state index contributed by atoms with van der Waals surface area (Å²) < 4.78 is 4.96. The van der Waals surface area contributed by atoms with Gasteiger partial charge in [0.25, 0.3) is 0 Å². The average Bonchev–Trinajstić information content (AvgIpc) is 2.59. The first-order valence-electron chi connectivity index (χ1n) is 4.97. The first-order chi connectivity index (χ1) is 7.70. The number of hydrogen-bond donors (Lipinski definition) is 1. The van der Waals surface area contributed by atoms with Crippen molar-refractivity contribution in [2.24, 2.45) is 10.7 Å². The minimum Gasteiger partial charge on any atom is -0.463 e. The van der Waals surface area contributed by atoms with Crippen molar-refractivity contribution in [1.29, 1.82) is 0 Å². The van der Waals surface area contributed by atoms with Crippen LogP contribution in [0.4, 0.5) is 5.69 Å². The lowest BCUT2D eigenvalue weighted by molar-refractivity contribution is -0.138. The van der Waals surface area contributed by atoms with E-state index in [0.29, 0.717) is 24.4 Å². The zero-order chi connectivity index (χ0) is 11.5. The summed E-state index contributed by atoms with van der Waals surface area (Å²) in [6.45, 7) is 2.15. The molecule has 0 aromatic carbocycles. The summed E-state index contributed by atoms with van der Waals surface area (Å²) in [6, 6.07) is 0. The van der Waals surface area contributed by atoms with Crippen molar-refractivity contribution in [2.75, 3.05) is 6.61 Å². The van der Waals surface area contributed by atoms with Gasteiger partial charge in [-0.15, -0.1) is 11.3 Å². The van der Waals surface area contributed by atoms with Crippen molar-refractivity contribution < 1.29 is 9.53 Å². The molecule has 0 atom stereocenters. The second kappa shape index (κ2) is 4.49. The van der Waals surface area contributed by atoms with Gasteiger partial charge in [0, 0.05) is 28.3 Å². The first kappa shape index (κ1) is 10.9. The maximum absolute atomic E-state index is 11.6. The molecule has 0 spiro atoms. The Morgan fingerprint density at radius 2 is 2.44 bits per heavy atom. The van der Waals surface area contributed by atoms with E-state index in [1.54, 1.807) is 13.0 Å². The van der Waals surface area contributed by atoms with E-state index < -0.39 is 0 Å². The van der Waals surface area contributed by atoms with Crippen molar-refractivity contribution in [3.63, 3.8) is 0 Å². The molecule has 0 radical (unpaired) electrons. The molecular weight excluding hydrogens is 224 g/mol. The maximum atomic E-state index is 11.6. The van der Waals surface area contributed by atoms with E-state index >= 15 is 0 Å². The zero-order valence-corrected chi connectivity index (χ0v) is 9.71. The summed E-state index contributed by atoms with van der Waals surface area (Å²) >= 11 is 1.53. The minimum atomic E-state index is -0.320. The SMILES string of the molecule is CCOC(=O)C1=Cc2cscc2N=C(N)C1. The number of carbonyl (C=O) groups excluding carboxylic acids is 1. The molecule has 0 aliphatic carbocycles. The fourth-order valence-electron chi connectivity index (χ4n) is 1.48. The summed E-state index contributed by atoms with van der Waals surface area (Å²) in [6.07, 6.45) is 2.14. The van der Waals surface area contributed by atoms with Gasteiger partial charge in [-0.05, 0) is 13.0 Å². The summed E-state index contributed by atoms with van der Waals surface area (Å²) in [4.78, 5) is 15.9. The highest BCUT2D eigenvalue weighted by Crippen LogP contribution is 2.29. The molecule has 84 valence electrons. The van der Waals surface area contributed by atoms with Crippen LogP contribution in [0.1, 0.15) is 18.9 Å². The summed E-state index contributed by atoms with van der Waals surface area (Å²) in [5.41, 5.74) is 8.04. The fraction of sp³-hybridized carbons (Fsp3) is 0.273. The predicted molar refractivity (Wildman–Crippen MR) is 64.8 cm³/mol. The highest BCUT2D eigenvalue weighted by Gasteiger charge is 2.16. The smallest absolute Gasteiger partial charge is 0.334 e. The Balaban J connectivity index is 2.36. The third kappa shape index (κ3) is 2.14. The van der Waals surface area contributed by atoms with Gasteiger partial charge in [-0.2, -0.15) is 0 Å².